The molecule has 0 aromatic heterocycles. The Balaban J connectivity index is 2.29. The first-order chi connectivity index (χ1) is 9.81. The van der Waals surface area contributed by atoms with Crippen molar-refractivity contribution in [1.29, 1.82) is 0 Å². The zero-order valence-electron chi connectivity index (χ0n) is 12.4. The van der Waals surface area contributed by atoms with Crippen molar-refractivity contribution >= 4 is 15.7 Å². The van der Waals surface area contributed by atoms with Crippen LogP contribution < -0.4 is 10.5 Å². The summed E-state index contributed by atoms with van der Waals surface area (Å²) in [6, 6.07) is 12.2. The van der Waals surface area contributed by atoms with Crippen LogP contribution in [-0.2, 0) is 10.0 Å². The lowest BCUT2D eigenvalue weighted by Gasteiger charge is -2.17. The maximum absolute atomic E-state index is 12.4. The molecule has 0 saturated carbocycles. The van der Waals surface area contributed by atoms with Crippen LogP contribution in [0.15, 0.2) is 47.4 Å². The second-order valence-electron chi connectivity index (χ2n) is 5.22. The molecular formula is C16H20N2O2S. The van der Waals surface area contributed by atoms with Gasteiger partial charge in [-0.1, -0.05) is 30.3 Å². The molecule has 0 saturated heterocycles. The van der Waals surface area contributed by atoms with E-state index in [0.29, 0.717) is 5.69 Å². The van der Waals surface area contributed by atoms with Crippen molar-refractivity contribution in [2.45, 2.75) is 31.7 Å². The number of nitrogen functional groups attached to an aromatic ring is 1. The van der Waals surface area contributed by atoms with E-state index < -0.39 is 10.0 Å². The molecule has 0 bridgehead atoms. The molecule has 2 aromatic carbocycles. The number of sulfonamides is 1. The van der Waals surface area contributed by atoms with Gasteiger partial charge in [0.25, 0.3) is 0 Å². The molecule has 2 aromatic rings. The number of aryl methyl sites for hydroxylation is 2. The van der Waals surface area contributed by atoms with E-state index in [1.54, 1.807) is 12.1 Å². The first kappa shape index (κ1) is 15.5. The number of anilines is 1. The maximum atomic E-state index is 12.4. The second-order valence-corrected chi connectivity index (χ2v) is 6.93. The van der Waals surface area contributed by atoms with Gasteiger partial charge in [0.1, 0.15) is 0 Å². The summed E-state index contributed by atoms with van der Waals surface area (Å²) >= 11 is 0. The summed E-state index contributed by atoms with van der Waals surface area (Å²) in [7, 11) is -3.59. The highest BCUT2D eigenvalue weighted by Gasteiger charge is 2.19. The zero-order chi connectivity index (χ0) is 15.6. The van der Waals surface area contributed by atoms with E-state index in [2.05, 4.69) is 4.72 Å². The third-order valence-electron chi connectivity index (χ3n) is 3.55. The largest absolute Gasteiger partial charge is 0.398 e. The average molecular weight is 304 g/mol. The molecule has 0 amide bonds. The van der Waals surface area contributed by atoms with E-state index in [0.717, 1.165) is 16.7 Å². The summed E-state index contributed by atoms with van der Waals surface area (Å²) < 4.78 is 27.5. The Morgan fingerprint density at radius 1 is 1.05 bits per heavy atom. The van der Waals surface area contributed by atoms with Crippen LogP contribution in [0.5, 0.6) is 0 Å². The molecule has 1 atom stereocenters. The lowest BCUT2D eigenvalue weighted by molar-refractivity contribution is 0.566. The highest BCUT2D eigenvalue weighted by Crippen LogP contribution is 2.22. The zero-order valence-corrected chi connectivity index (χ0v) is 13.2. The van der Waals surface area contributed by atoms with Crippen LogP contribution in [0.4, 0.5) is 5.69 Å². The Labute approximate surface area is 126 Å². The molecule has 0 spiro atoms. The minimum atomic E-state index is -3.59. The molecule has 21 heavy (non-hydrogen) atoms. The molecule has 0 aliphatic rings. The average Bonchev–Trinajstić information content (AvgIpc) is 2.41. The van der Waals surface area contributed by atoms with Crippen molar-refractivity contribution in [3.05, 3.63) is 59.2 Å². The van der Waals surface area contributed by atoms with E-state index in [1.165, 1.54) is 6.07 Å². The third-order valence-corrected chi connectivity index (χ3v) is 5.09. The maximum Gasteiger partial charge on any atom is 0.241 e. The first-order valence-corrected chi connectivity index (χ1v) is 8.23. The van der Waals surface area contributed by atoms with E-state index in [9.17, 15) is 8.42 Å². The van der Waals surface area contributed by atoms with Gasteiger partial charge in [0.2, 0.25) is 10.0 Å². The van der Waals surface area contributed by atoms with Crippen LogP contribution in [0.3, 0.4) is 0 Å². The second kappa shape index (κ2) is 5.87. The standard InChI is InChI=1S/C16H20N2O2S/c1-11-6-4-5-7-15(11)13(3)18-21(19,20)14-9-8-12(2)16(17)10-14/h4-10,13,18H,17H2,1-3H3. The normalized spacial score (nSPS) is 13.1. The smallest absolute Gasteiger partial charge is 0.241 e. The lowest BCUT2D eigenvalue weighted by Crippen LogP contribution is -2.27. The van der Waals surface area contributed by atoms with Gasteiger partial charge in [-0.25, -0.2) is 13.1 Å². The van der Waals surface area contributed by atoms with Crippen LogP contribution in [0.25, 0.3) is 0 Å². The Morgan fingerprint density at radius 2 is 1.71 bits per heavy atom. The van der Waals surface area contributed by atoms with Crippen molar-refractivity contribution in [3.8, 4) is 0 Å². The fourth-order valence-corrected chi connectivity index (χ4v) is 3.48. The molecule has 0 fully saturated rings. The quantitative estimate of drug-likeness (QED) is 0.853. The van der Waals surface area contributed by atoms with E-state index in [4.69, 9.17) is 5.73 Å². The van der Waals surface area contributed by atoms with Gasteiger partial charge >= 0.3 is 0 Å². The summed E-state index contributed by atoms with van der Waals surface area (Å²) in [6.07, 6.45) is 0. The van der Waals surface area contributed by atoms with Crippen LogP contribution >= 0.6 is 0 Å². The minimum absolute atomic E-state index is 0.186. The molecule has 0 aliphatic carbocycles. The number of hydrogen-bond donors (Lipinski definition) is 2. The van der Waals surface area contributed by atoms with Crippen LogP contribution in [0.1, 0.15) is 29.7 Å². The van der Waals surface area contributed by atoms with Crippen molar-refractivity contribution in [1.82, 2.24) is 4.72 Å². The highest BCUT2D eigenvalue weighted by molar-refractivity contribution is 7.89. The van der Waals surface area contributed by atoms with Gasteiger partial charge in [-0.05, 0) is 49.6 Å². The Hall–Kier alpha value is -1.85. The Morgan fingerprint density at radius 3 is 2.33 bits per heavy atom. The van der Waals surface area contributed by atoms with Crippen molar-refractivity contribution in [2.75, 3.05) is 5.73 Å². The van der Waals surface area contributed by atoms with E-state index >= 15 is 0 Å². The fourth-order valence-electron chi connectivity index (χ4n) is 2.22. The van der Waals surface area contributed by atoms with Crippen molar-refractivity contribution < 1.29 is 8.42 Å². The van der Waals surface area contributed by atoms with Gasteiger partial charge in [0.15, 0.2) is 0 Å². The SMILES string of the molecule is Cc1ccc(S(=O)(=O)NC(C)c2ccccc2C)cc1N. The van der Waals surface area contributed by atoms with Crippen molar-refractivity contribution in [3.63, 3.8) is 0 Å². The molecule has 4 nitrogen and oxygen atoms in total. The molecule has 0 aliphatic heterocycles. The lowest BCUT2D eigenvalue weighted by atomic mass is 10.0. The number of rotatable bonds is 4. The van der Waals surface area contributed by atoms with Gasteiger partial charge in [-0.2, -0.15) is 0 Å². The van der Waals surface area contributed by atoms with Crippen LogP contribution in [0.2, 0.25) is 0 Å². The molecular weight excluding hydrogens is 284 g/mol. The number of nitrogens with two attached hydrogens (primary N) is 1. The molecule has 112 valence electrons. The van der Waals surface area contributed by atoms with Gasteiger partial charge in [-0.15, -0.1) is 0 Å². The fraction of sp³-hybridized carbons (Fsp3) is 0.250. The van der Waals surface area contributed by atoms with Crippen LogP contribution in [0, 0.1) is 13.8 Å². The molecule has 0 heterocycles. The van der Waals surface area contributed by atoms with Gasteiger partial charge < -0.3 is 5.73 Å². The van der Waals surface area contributed by atoms with Gasteiger partial charge in [-0.3, -0.25) is 0 Å². The highest BCUT2D eigenvalue weighted by atomic mass is 32.2. The summed E-state index contributed by atoms with van der Waals surface area (Å²) in [5, 5.41) is 0. The molecule has 3 N–H and O–H groups in total. The molecule has 2 rings (SSSR count). The number of benzene rings is 2. The summed E-state index contributed by atoms with van der Waals surface area (Å²) in [4.78, 5) is 0.186. The first-order valence-electron chi connectivity index (χ1n) is 6.75. The number of hydrogen-bond acceptors (Lipinski definition) is 3. The summed E-state index contributed by atoms with van der Waals surface area (Å²) in [5.74, 6) is 0. The van der Waals surface area contributed by atoms with E-state index in [-0.39, 0.29) is 10.9 Å². The van der Waals surface area contributed by atoms with Crippen molar-refractivity contribution in [2.24, 2.45) is 0 Å². The Bertz CT molecular complexity index is 755. The van der Waals surface area contributed by atoms with Crippen LogP contribution in [-0.4, -0.2) is 8.42 Å². The topological polar surface area (TPSA) is 72.2 Å². The van der Waals surface area contributed by atoms with E-state index in [1.807, 2.05) is 45.0 Å². The molecule has 0 radical (unpaired) electrons. The Kier molecular flexibility index (Phi) is 4.34. The monoisotopic (exact) mass is 304 g/mol. The predicted molar refractivity (Wildman–Crippen MR) is 85.5 cm³/mol. The van der Waals surface area contributed by atoms with Gasteiger partial charge in [0, 0.05) is 11.7 Å². The predicted octanol–water partition coefficient (Wildman–Crippen LogP) is 2.93. The molecule has 1 unspecified atom stereocenters. The third kappa shape index (κ3) is 3.43. The molecule has 5 heteroatoms. The minimum Gasteiger partial charge on any atom is -0.398 e. The summed E-state index contributed by atoms with van der Waals surface area (Å²) in [6.45, 7) is 5.64. The van der Waals surface area contributed by atoms with Gasteiger partial charge in [0.05, 0.1) is 4.90 Å². The summed E-state index contributed by atoms with van der Waals surface area (Å²) in [5.41, 5.74) is 9.14. The number of nitrogens with one attached hydrogen (secondary N) is 1.